The lowest BCUT2D eigenvalue weighted by atomic mass is 10.0. The average molecular weight is 266 g/mol. The second-order valence-electron chi connectivity index (χ2n) is 5.52. The standard InChI is InChI=1S/C15H20ClNO/c1-11-3-4-12(2)13(7-11)8-14(18)17-10-15(9-16)5-6-15/h3-4,7H,5-6,8-10H2,1-2H3,(H,17,18). The van der Waals surface area contributed by atoms with E-state index in [0.717, 1.165) is 24.9 Å². The number of carbonyl (C=O) groups is 1. The lowest BCUT2D eigenvalue weighted by molar-refractivity contribution is -0.120. The van der Waals surface area contributed by atoms with Crippen molar-refractivity contribution in [3.05, 3.63) is 34.9 Å². The fraction of sp³-hybridized carbons (Fsp3) is 0.533. The molecule has 0 radical (unpaired) electrons. The Kier molecular flexibility index (Phi) is 3.96. The van der Waals surface area contributed by atoms with Crippen molar-refractivity contribution >= 4 is 17.5 Å². The zero-order valence-electron chi connectivity index (χ0n) is 11.1. The summed E-state index contributed by atoms with van der Waals surface area (Å²) in [6.45, 7) is 4.82. The van der Waals surface area contributed by atoms with Gasteiger partial charge in [0.1, 0.15) is 0 Å². The highest BCUT2D eigenvalue weighted by atomic mass is 35.5. The number of hydrogen-bond acceptors (Lipinski definition) is 1. The van der Waals surface area contributed by atoms with E-state index in [9.17, 15) is 4.79 Å². The van der Waals surface area contributed by atoms with Crippen molar-refractivity contribution < 1.29 is 4.79 Å². The van der Waals surface area contributed by atoms with Gasteiger partial charge < -0.3 is 5.32 Å². The molecule has 0 aromatic heterocycles. The van der Waals surface area contributed by atoms with Gasteiger partial charge in [-0.3, -0.25) is 4.79 Å². The third-order valence-corrected chi connectivity index (χ3v) is 4.32. The summed E-state index contributed by atoms with van der Waals surface area (Å²) >= 11 is 5.89. The maximum Gasteiger partial charge on any atom is 0.224 e. The Balaban J connectivity index is 1.89. The summed E-state index contributed by atoms with van der Waals surface area (Å²) < 4.78 is 0. The van der Waals surface area contributed by atoms with Gasteiger partial charge in [-0.1, -0.05) is 23.8 Å². The highest BCUT2D eigenvalue weighted by molar-refractivity contribution is 6.18. The number of carbonyl (C=O) groups excluding carboxylic acids is 1. The molecule has 0 bridgehead atoms. The smallest absolute Gasteiger partial charge is 0.224 e. The van der Waals surface area contributed by atoms with Gasteiger partial charge in [-0.2, -0.15) is 0 Å². The molecule has 0 heterocycles. The molecule has 1 aromatic rings. The molecule has 1 amide bonds. The minimum Gasteiger partial charge on any atom is -0.355 e. The number of amides is 1. The summed E-state index contributed by atoms with van der Waals surface area (Å²) in [5.74, 6) is 0.747. The second kappa shape index (κ2) is 5.31. The molecular formula is C15H20ClNO. The van der Waals surface area contributed by atoms with Crippen LogP contribution in [0.25, 0.3) is 0 Å². The molecular weight excluding hydrogens is 246 g/mol. The predicted molar refractivity (Wildman–Crippen MR) is 75.0 cm³/mol. The number of halogens is 1. The van der Waals surface area contributed by atoms with Gasteiger partial charge in [-0.25, -0.2) is 0 Å². The van der Waals surface area contributed by atoms with Gasteiger partial charge in [0.05, 0.1) is 6.42 Å². The fourth-order valence-corrected chi connectivity index (χ4v) is 2.41. The molecule has 98 valence electrons. The van der Waals surface area contributed by atoms with Crippen LogP contribution >= 0.6 is 11.6 Å². The van der Waals surface area contributed by atoms with E-state index >= 15 is 0 Å². The van der Waals surface area contributed by atoms with Crippen LogP contribution < -0.4 is 5.32 Å². The van der Waals surface area contributed by atoms with Gasteiger partial charge >= 0.3 is 0 Å². The van der Waals surface area contributed by atoms with Crippen LogP contribution in [0.2, 0.25) is 0 Å². The summed E-state index contributed by atoms with van der Waals surface area (Å²) in [5.41, 5.74) is 3.68. The van der Waals surface area contributed by atoms with E-state index in [1.54, 1.807) is 0 Å². The van der Waals surface area contributed by atoms with Crippen LogP contribution in [0.1, 0.15) is 29.5 Å². The molecule has 1 aromatic carbocycles. The Bertz CT molecular complexity index is 452. The monoisotopic (exact) mass is 265 g/mol. The Morgan fingerprint density at radius 1 is 1.39 bits per heavy atom. The van der Waals surface area contributed by atoms with Crippen LogP contribution in [0.4, 0.5) is 0 Å². The van der Waals surface area contributed by atoms with Crippen molar-refractivity contribution in [2.24, 2.45) is 5.41 Å². The fourth-order valence-electron chi connectivity index (χ4n) is 2.05. The molecule has 3 heteroatoms. The molecule has 1 N–H and O–H groups in total. The lowest BCUT2D eigenvalue weighted by Gasteiger charge is -2.13. The Morgan fingerprint density at radius 2 is 2.11 bits per heavy atom. The van der Waals surface area contributed by atoms with Crippen molar-refractivity contribution in [3.63, 3.8) is 0 Å². The molecule has 2 nitrogen and oxygen atoms in total. The van der Waals surface area contributed by atoms with Gasteiger partial charge in [0.2, 0.25) is 5.91 Å². The van der Waals surface area contributed by atoms with Crippen molar-refractivity contribution in [3.8, 4) is 0 Å². The van der Waals surface area contributed by atoms with Gasteiger partial charge in [-0.05, 0) is 37.8 Å². The molecule has 0 saturated heterocycles. The number of benzene rings is 1. The van der Waals surface area contributed by atoms with E-state index in [4.69, 9.17) is 11.6 Å². The molecule has 1 saturated carbocycles. The molecule has 1 fully saturated rings. The number of aryl methyl sites for hydroxylation is 2. The first kappa shape index (κ1) is 13.4. The molecule has 2 rings (SSSR count). The first-order chi connectivity index (χ1) is 8.54. The van der Waals surface area contributed by atoms with Crippen molar-refractivity contribution in [2.45, 2.75) is 33.1 Å². The van der Waals surface area contributed by atoms with Gasteiger partial charge in [0.25, 0.3) is 0 Å². The SMILES string of the molecule is Cc1ccc(C)c(CC(=O)NCC2(CCl)CC2)c1. The summed E-state index contributed by atoms with van der Waals surface area (Å²) in [5, 5.41) is 3.01. The van der Waals surface area contributed by atoms with Crippen LogP contribution in [0, 0.1) is 19.3 Å². The molecule has 0 atom stereocenters. The minimum atomic E-state index is 0.0973. The third kappa shape index (κ3) is 3.26. The lowest BCUT2D eigenvalue weighted by Crippen LogP contribution is -2.32. The summed E-state index contributed by atoms with van der Waals surface area (Å²) in [6.07, 6.45) is 2.74. The maximum atomic E-state index is 11.9. The second-order valence-corrected chi connectivity index (χ2v) is 5.78. The molecule has 0 unspecified atom stereocenters. The van der Waals surface area contributed by atoms with E-state index in [-0.39, 0.29) is 11.3 Å². The average Bonchev–Trinajstić information content (AvgIpc) is 3.12. The van der Waals surface area contributed by atoms with Crippen molar-refractivity contribution in [2.75, 3.05) is 12.4 Å². The number of hydrogen-bond donors (Lipinski definition) is 1. The highest BCUT2D eigenvalue weighted by Crippen LogP contribution is 2.45. The molecule has 1 aliphatic rings. The van der Waals surface area contributed by atoms with Crippen LogP contribution in [0.3, 0.4) is 0 Å². The largest absolute Gasteiger partial charge is 0.355 e. The summed E-state index contributed by atoms with van der Waals surface area (Å²) in [4.78, 5) is 11.9. The van der Waals surface area contributed by atoms with E-state index in [2.05, 4.69) is 23.5 Å². The van der Waals surface area contributed by atoms with Crippen LogP contribution in [-0.4, -0.2) is 18.3 Å². The van der Waals surface area contributed by atoms with E-state index in [1.807, 2.05) is 13.8 Å². The predicted octanol–water partition coefficient (Wildman–Crippen LogP) is 2.98. The third-order valence-electron chi connectivity index (χ3n) is 3.76. The van der Waals surface area contributed by atoms with Gasteiger partial charge in [0.15, 0.2) is 0 Å². The summed E-state index contributed by atoms with van der Waals surface area (Å²) in [6, 6.07) is 6.23. The van der Waals surface area contributed by atoms with E-state index in [0.29, 0.717) is 12.3 Å². The Hall–Kier alpha value is -1.02. The van der Waals surface area contributed by atoms with Crippen molar-refractivity contribution in [1.29, 1.82) is 0 Å². The first-order valence-electron chi connectivity index (χ1n) is 6.43. The minimum absolute atomic E-state index is 0.0973. The maximum absolute atomic E-state index is 11.9. The molecule has 18 heavy (non-hydrogen) atoms. The zero-order valence-corrected chi connectivity index (χ0v) is 11.8. The first-order valence-corrected chi connectivity index (χ1v) is 6.97. The highest BCUT2D eigenvalue weighted by Gasteiger charge is 2.41. The van der Waals surface area contributed by atoms with Crippen LogP contribution in [0.15, 0.2) is 18.2 Å². The molecule has 1 aliphatic carbocycles. The van der Waals surface area contributed by atoms with Crippen LogP contribution in [0.5, 0.6) is 0 Å². The Labute approximate surface area is 114 Å². The Morgan fingerprint density at radius 3 is 2.72 bits per heavy atom. The normalized spacial score (nSPS) is 16.4. The summed E-state index contributed by atoms with van der Waals surface area (Å²) in [7, 11) is 0. The number of alkyl halides is 1. The number of rotatable bonds is 5. The van der Waals surface area contributed by atoms with Gasteiger partial charge in [-0.15, -0.1) is 11.6 Å². The molecule has 0 spiro atoms. The molecule has 0 aliphatic heterocycles. The van der Waals surface area contributed by atoms with Crippen molar-refractivity contribution in [1.82, 2.24) is 5.32 Å². The van der Waals surface area contributed by atoms with E-state index in [1.165, 1.54) is 11.1 Å². The topological polar surface area (TPSA) is 29.1 Å². The quantitative estimate of drug-likeness (QED) is 0.815. The van der Waals surface area contributed by atoms with E-state index < -0.39 is 0 Å². The van der Waals surface area contributed by atoms with Crippen LogP contribution in [-0.2, 0) is 11.2 Å². The zero-order chi connectivity index (χ0) is 13.2. The number of nitrogens with one attached hydrogen (secondary N) is 1. The van der Waals surface area contributed by atoms with Gasteiger partial charge in [0, 0.05) is 17.8 Å².